The second kappa shape index (κ2) is 5.32. The zero-order valence-electron chi connectivity index (χ0n) is 11.0. The van der Waals surface area contributed by atoms with Crippen LogP contribution < -0.4 is 0 Å². The fourth-order valence-electron chi connectivity index (χ4n) is 2.32. The van der Waals surface area contributed by atoms with Gasteiger partial charge in [0.1, 0.15) is 0 Å². The van der Waals surface area contributed by atoms with Gasteiger partial charge in [-0.3, -0.25) is 0 Å². The normalized spacial score (nSPS) is 20.5. The zero-order chi connectivity index (χ0) is 12.2. The molecular weight excluding hydrogens is 220 g/mol. The Morgan fingerprint density at radius 1 is 1.19 bits per heavy atom. The van der Waals surface area contributed by atoms with Gasteiger partial charge in [-0.2, -0.15) is 0 Å². The standard InChI is InChI=1S/C12H24O3Si/c1-5-14-11(13)12(15-16(2,3)4)9-7-6-8-10-12/h5-10H2,1-4H3. The highest BCUT2D eigenvalue weighted by Crippen LogP contribution is 2.35. The molecule has 1 aliphatic carbocycles. The molecule has 0 N–H and O–H groups in total. The molecule has 1 aliphatic rings. The molecule has 0 heterocycles. The van der Waals surface area contributed by atoms with Crippen LogP contribution in [-0.2, 0) is 14.0 Å². The Balaban J connectivity index is 2.79. The lowest BCUT2D eigenvalue weighted by molar-refractivity contribution is -0.165. The first-order chi connectivity index (χ1) is 7.40. The van der Waals surface area contributed by atoms with E-state index in [-0.39, 0.29) is 5.97 Å². The maximum absolute atomic E-state index is 12.1. The van der Waals surface area contributed by atoms with Crippen molar-refractivity contribution in [1.29, 1.82) is 0 Å². The zero-order valence-corrected chi connectivity index (χ0v) is 12.0. The number of carbonyl (C=O) groups excluding carboxylic acids is 1. The number of rotatable bonds is 4. The van der Waals surface area contributed by atoms with Gasteiger partial charge in [0.15, 0.2) is 13.9 Å². The van der Waals surface area contributed by atoms with E-state index in [4.69, 9.17) is 9.16 Å². The van der Waals surface area contributed by atoms with Crippen LogP contribution >= 0.6 is 0 Å². The van der Waals surface area contributed by atoms with E-state index in [1.807, 2.05) is 6.92 Å². The van der Waals surface area contributed by atoms with Crippen molar-refractivity contribution in [2.24, 2.45) is 0 Å². The predicted octanol–water partition coefficient (Wildman–Crippen LogP) is 3.10. The van der Waals surface area contributed by atoms with Gasteiger partial charge >= 0.3 is 5.97 Å². The third-order valence-electron chi connectivity index (χ3n) is 2.81. The van der Waals surface area contributed by atoms with Crippen LogP contribution in [0, 0.1) is 0 Å². The Hall–Kier alpha value is -0.353. The molecule has 0 spiro atoms. The highest BCUT2D eigenvalue weighted by atomic mass is 28.4. The summed E-state index contributed by atoms with van der Waals surface area (Å²) in [6.45, 7) is 8.67. The van der Waals surface area contributed by atoms with E-state index in [0.717, 1.165) is 25.7 Å². The van der Waals surface area contributed by atoms with Gasteiger partial charge in [-0.05, 0) is 39.4 Å². The van der Waals surface area contributed by atoms with Gasteiger partial charge in [-0.15, -0.1) is 0 Å². The second-order valence-electron chi connectivity index (χ2n) is 5.49. The van der Waals surface area contributed by atoms with E-state index >= 15 is 0 Å². The molecule has 0 bridgehead atoms. The highest BCUT2D eigenvalue weighted by molar-refractivity contribution is 6.70. The Bertz CT molecular complexity index is 239. The summed E-state index contributed by atoms with van der Waals surface area (Å²) >= 11 is 0. The third-order valence-corrected chi connectivity index (χ3v) is 3.81. The molecule has 0 aromatic heterocycles. The van der Waals surface area contributed by atoms with E-state index in [2.05, 4.69) is 19.6 Å². The van der Waals surface area contributed by atoms with Gasteiger partial charge in [0.25, 0.3) is 0 Å². The molecule has 1 fully saturated rings. The van der Waals surface area contributed by atoms with Gasteiger partial charge < -0.3 is 9.16 Å². The predicted molar refractivity (Wildman–Crippen MR) is 66.9 cm³/mol. The van der Waals surface area contributed by atoms with Crippen LogP contribution in [0.1, 0.15) is 39.0 Å². The number of carbonyl (C=O) groups is 1. The maximum Gasteiger partial charge on any atom is 0.337 e. The van der Waals surface area contributed by atoms with Crippen molar-refractivity contribution < 1.29 is 14.0 Å². The van der Waals surface area contributed by atoms with Crippen molar-refractivity contribution in [1.82, 2.24) is 0 Å². The van der Waals surface area contributed by atoms with Crippen LogP contribution in [0.3, 0.4) is 0 Å². The van der Waals surface area contributed by atoms with E-state index in [1.165, 1.54) is 6.42 Å². The van der Waals surface area contributed by atoms with E-state index in [1.54, 1.807) is 0 Å². The molecule has 94 valence electrons. The van der Waals surface area contributed by atoms with Crippen LogP contribution in [0.25, 0.3) is 0 Å². The SMILES string of the molecule is CCOC(=O)C1(O[Si](C)(C)C)CCCCC1. The van der Waals surface area contributed by atoms with Crippen LogP contribution in [0.4, 0.5) is 0 Å². The Kier molecular flexibility index (Phi) is 4.56. The molecule has 4 heteroatoms. The molecule has 16 heavy (non-hydrogen) atoms. The van der Waals surface area contributed by atoms with Gasteiger partial charge in [0, 0.05) is 0 Å². The summed E-state index contributed by atoms with van der Waals surface area (Å²) < 4.78 is 11.3. The van der Waals surface area contributed by atoms with E-state index < -0.39 is 13.9 Å². The Morgan fingerprint density at radius 2 is 1.75 bits per heavy atom. The summed E-state index contributed by atoms with van der Waals surface area (Å²) in [4.78, 5) is 12.1. The Labute approximate surface area is 99.6 Å². The summed E-state index contributed by atoms with van der Waals surface area (Å²) in [5.74, 6) is -0.142. The average Bonchev–Trinajstić information content (AvgIpc) is 2.17. The maximum atomic E-state index is 12.1. The molecule has 0 aromatic rings. The number of hydrogen-bond acceptors (Lipinski definition) is 3. The largest absolute Gasteiger partial charge is 0.464 e. The molecule has 0 radical (unpaired) electrons. The molecule has 0 aromatic carbocycles. The van der Waals surface area contributed by atoms with Crippen molar-refractivity contribution in [3.8, 4) is 0 Å². The monoisotopic (exact) mass is 244 g/mol. The van der Waals surface area contributed by atoms with Crippen LogP contribution in [-0.4, -0.2) is 26.5 Å². The minimum absolute atomic E-state index is 0.142. The molecule has 3 nitrogen and oxygen atoms in total. The van der Waals surface area contributed by atoms with E-state index in [9.17, 15) is 4.79 Å². The smallest absolute Gasteiger partial charge is 0.337 e. The fourth-order valence-corrected chi connectivity index (χ4v) is 3.78. The number of ether oxygens (including phenoxy) is 1. The quantitative estimate of drug-likeness (QED) is 0.563. The minimum Gasteiger partial charge on any atom is -0.464 e. The van der Waals surface area contributed by atoms with Crippen LogP contribution in [0.2, 0.25) is 19.6 Å². The molecule has 1 rings (SSSR count). The topological polar surface area (TPSA) is 35.5 Å². The lowest BCUT2D eigenvalue weighted by atomic mass is 9.85. The van der Waals surface area contributed by atoms with Crippen molar-refractivity contribution in [3.63, 3.8) is 0 Å². The molecule has 0 unspecified atom stereocenters. The lowest BCUT2D eigenvalue weighted by Crippen LogP contribution is -2.50. The summed E-state index contributed by atoms with van der Waals surface area (Å²) in [7, 11) is -1.71. The van der Waals surface area contributed by atoms with Gasteiger partial charge in [0.2, 0.25) is 0 Å². The number of esters is 1. The molecular formula is C12H24O3Si. The van der Waals surface area contributed by atoms with Crippen molar-refractivity contribution in [3.05, 3.63) is 0 Å². The second-order valence-corrected chi connectivity index (χ2v) is 9.92. The van der Waals surface area contributed by atoms with E-state index in [0.29, 0.717) is 6.61 Å². The summed E-state index contributed by atoms with van der Waals surface area (Å²) in [5, 5.41) is 0. The lowest BCUT2D eigenvalue weighted by Gasteiger charge is -2.39. The van der Waals surface area contributed by atoms with Crippen LogP contribution in [0.15, 0.2) is 0 Å². The van der Waals surface area contributed by atoms with Gasteiger partial charge in [-0.25, -0.2) is 4.79 Å². The third kappa shape index (κ3) is 3.59. The number of hydrogen-bond donors (Lipinski definition) is 0. The summed E-state index contributed by atoms with van der Waals surface area (Å²) in [6.07, 6.45) is 5.01. The van der Waals surface area contributed by atoms with Crippen molar-refractivity contribution in [2.45, 2.75) is 64.3 Å². The highest BCUT2D eigenvalue weighted by Gasteiger charge is 2.44. The van der Waals surface area contributed by atoms with Crippen molar-refractivity contribution in [2.75, 3.05) is 6.61 Å². The Morgan fingerprint density at radius 3 is 2.19 bits per heavy atom. The van der Waals surface area contributed by atoms with Gasteiger partial charge in [0.05, 0.1) is 6.61 Å². The minimum atomic E-state index is -1.71. The molecule has 1 saturated carbocycles. The first-order valence-corrected chi connectivity index (χ1v) is 9.68. The first-order valence-electron chi connectivity index (χ1n) is 6.27. The fraction of sp³-hybridized carbons (Fsp3) is 0.917. The molecule has 0 atom stereocenters. The molecule has 0 saturated heterocycles. The van der Waals surface area contributed by atoms with Crippen LogP contribution in [0.5, 0.6) is 0 Å². The summed E-state index contributed by atoms with van der Waals surface area (Å²) in [6, 6.07) is 0. The molecule has 0 amide bonds. The van der Waals surface area contributed by atoms with Crippen molar-refractivity contribution >= 4 is 14.3 Å². The molecule has 0 aliphatic heterocycles. The average molecular weight is 244 g/mol. The summed E-state index contributed by atoms with van der Waals surface area (Å²) in [5.41, 5.74) is -0.626. The van der Waals surface area contributed by atoms with Gasteiger partial charge in [-0.1, -0.05) is 19.3 Å². The first kappa shape index (κ1) is 13.7.